The van der Waals surface area contributed by atoms with Crippen molar-refractivity contribution >= 4 is 15.6 Å². The van der Waals surface area contributed by atoms with Gasteiger partial charge in [0.25, 0.3) is 0 Å². The van der Waals surface area contributed by atoms with E-state index in [1.807, 2.05) is 13.8 Å². The van der Waals surface area contributed by atoms with Crippen LogP contribution in [0.5, 0.6) is 0 Å². The average Bonchev–Trinajstić information content (AvgIpc) is 2.20. The van der Waals surface area contributed by atoms with Crippen molar-refractivity contribution in [3.8, 4) is 0 Å². The Hall–Kier alpha value is -1.10. The quantitative estimate of drug-likeness (QED) is 0.821. The molecule has 1 aromatic heterocycles. The van der Waals surface area contributed by atoms with Crippen molar-refractivity contribution in [2.45, 2.75) is 13.8 Å². The van der Waals surface area contributed by atoms with Gasteiger partial charge in [-0.25, -0.2) is 8.99 Å². The van der Waals surface area contributed by atoms with Gasteiger partial charge < -0.3 is 0 Å². The minimum atomic E-state index is -2.66. The maximum atomic E-state index is 11.3. The Kier molecular flexibility index (Phi) is 5.15. The molecule has 0 saturated carbocycles. The first-order valence-electron chi connectivity index (χ1n) is 4.39. The number of nitrogens with zero attached hydrogens (tertiary/aromatic N) is 2. The Morgan fingerprint density at radius 3 is 2.43 bits per heavy atom. The second-order valence-electron chi connectivity index (χ2n) is 2.51. The standard InChI is InChI=1S/C7H11N3OS.C2H6/c1-10(12(2,8)11)7-4-3-5-9-6-7;1-2/h3-6,8H,1-2H3;1-2H3. The highest BCUT2D eigenvalue weighted by Crippen LogP contribution is 2.12. The molecular weight excluding hydrogens is 198 g/mol. The van der Waals surface area contributed by atoms with E-state index in [4.69, 9.17) is 4.78 Å². The summed E-state index contributed by atoms with van der Waals surface area (Å²) >= 11 is 0. The molecule has 1 N–H and O–H groups in total. The predicted octanol–water partition coefficient (Wildman–Crippen LogP) is 2.14. The first-order valence-corrected chi connectivity index (χ1v) is 6.32. The molecule has 80 valence electrons. The van der Waals surface area contributed by atoms with Crippen molar-refractivity contribution in [1.29, 1.82) is 4.78 Å². The van der Waals surface area contributed by atoms with Crippen LogP contribution in [0.15, 0.2) is 24.5 Å². The second-order valence-corrected chi connectivity index (χ2v) is 4.66. The van der Waals surface area contributed by atoms with Gasteiger partial charge in [0.1, 0.15) is 9.92 Å². The third-order valence-corrected chi connectivity index (χ3v) is 2.79. The lowest BCUT2D eigenvalue weighted by molar-refractivity contribution is 0.677. The van der Waals surface area contributed by atoms with Crippen molar-refractivity contribution in [2.75, 3.05) is 17.6 Å². The zero-order valence-electron chi connectivity index (χ0n) is 9.02. The normalized spacial score (nSPS) is 13.4. The van der Waals surface area contributed by atoms with Crippen LogP contribution in [-0.4, -0.2) is 22.5 Å². The Morgan fingerprint density at radius 1 is 1.50 bits per heavy atom. The molecule has 0 radical (unpaired) electrons. The lowest BCUT2D eigenvalue weighted by atomic mass is 10.4. The number of nitrogens with one attached hydrogen (secondary N) is 1. The Morgan fingerprint density at radius 2 is 2.07 bits per heavy atom. The van der Waals surface area contributed by atoms with E-state index in [1.165, 1.54) is 10.6 Å². The summed E-state index contributed by atoms with van der Waals surface area (Å²) in [6.45, 7) is 4.00. The van der Waals surface area contributed by atoms with Gasteiger partial charge in [-0.05, 0) is 12.1 Å². The predicted molar refractivity (Wildman–Crippen MR) is 60.8 cm³/mol. The molecule has 4 nitrogen and oxygen atoms in total. The van der Waals surface area contributed by atoms with E-state index in [2.05, 4.69) is 4.98 Å². The summed E-state index contributed by atoms with van der Waals surface area (Å²) < 4.78 is 20.0. The SMILES string of the molecule is CC.CN(c1cccnc1)S(C)(=N)=O. The molecule has 1 atom stereocenters. The van der Waals surface area contributed by atoms with Gasteiger partial charge in [0.05, 0.1) is 11.9 Å². The molecule has 0 aliphatic rings. The molecule has 1 heterocycles. The Balaban J connectivity index is 0.000000791. The minimum absolute atomic E-state index is 0.694. The molecule has 0 aromatic carbocycles. The fourth-order valence-electron chi connectivity index (χ4n) is 0.741. The summed E-state index contributed by atoms with van der Waals surface area (Å²) in [6, 6.07) is 3.52. The molecule has 0 amide bonds. The Labute approximate surface area is 86.1 Å². The highest BCUT2D eigenvalue weighted by molar-refractivity contribution is 7.93. The van der Waals surface area contributed by atoms with E-state index in [1.54, 1.807) is 31.6 Å². The van der Waals surface area contributed by atoms with Gasteiger partial charge in [0.15, 0.2) is 0 Å². The lowest BCUT2D eigenvalue weighted by Crippen LogP contribution is -2.23. The van der Waals surface area contributed by atoms with Crippen LogP contribution in [-0.2, 0) is 9.92 Å². The van der Waals surface area contributed by atoms with Crippen molar-refractivity contribution in [1.82, 2.24) is 4.98 Å². The van der Waals surface area contributed by atoms with Gasteiger partial charge in [-0.3, -0.25) is 9.29 Å². The molecule has 5 heteroatoms. The summed E-state index contributed by atoms with van der Waals surface area (Å²) in [7, 11) is -1.05. The summed E-state index contributed by atoms with van der Waals surface area (Å²) in [6.07, 6.45) is 4.59. The lowest BCUT2D eigenvalue weighted by Gasteiger charge is -2.17. The first kappa shape index (κ1) is 12.9. The molecule has 14 heavy (non-hydrogen) atoms. The topological polar surface area (TPSA) is 57.1 Å². The fraction of sp³-hybridized carbons (Fsp3) is 0.444. The molecular formula is C9H17N3OS. The maximum absolute atomic E-state index is 11.3. The zero-order valence-corrected chi connectivity index (χ0v) is 9.84. The minimum Gasteiger partial charge on any atom is -0.288 e. The van der Waals surface area contributed by atoms with E-state index < -0.39 is 9.92 Å². The van der Waals surface area contributed by atoms with Gasteiger partial charge in [0.2, 0.25) is 0 Å². The number of anilines is 1. The van der Waals surface area contributed by atoms with Crippen LogP contribution < -0.4 is 4.31 Å². The summed E-state index contributed by atoms with van der Waals surface area (Å²) in [4.78, 5) is 3.87. The highest BCUT2D eigenvalue weighted by atomic mass is 32.2. The molecule has 0 aliphatic heterocycles. The van der Waals surface area contributed by atoms with Crippen LogP contribution in [0.25, 0.3) is 0 Å². The molecule has 0 spiro atoms. The van der Waals surface area contributed by atoms with E-state index in [0.29, 0.717) is 5.69 Å². The third kappa shape index (κ3) is 3.74. The molecule has 0 aliphatic carbocycles. The molecule has 1 aromatic rings. The smallest absolute Gasteiger partial charge is 0.125 e. The van der Waals surface area contributed by atoms with E-state index >= 15 is 0 Å². The van der Waals surface area contributed by atoms with Crippen molar-refractivity contribution in [3.05, 3.63) is 24.5 Å². The van der Waals surface area contributed by atoms with Crippen LogP contribution >= 0.6 is 0 Å². The van der Waals surface area contributed by atoms with Crippen LogP contribution in [0.1, 0.15) is 13.8 Å². The molecule has 0 bridgehead atoms. The summed E-state index contributed by atoms with van der Waals surface area (Å²) in [5, 5.41) is 0. The maximum Gasteiger partial charge on any atom is 0.125 e. The monoisotopic (exact) mass is 215 g/mol. The zero-order chi connectivity index (χ0) is 11.2. The molecule has 0 fully saturated rings. The van der Waals surface area contributed by atoms with Gasteiger partial charge in [0, 0.05) is 19.5 Å². The first-order chi connectivity index (χ1) is 6.52. The number of rotatable bonds is 2. The van der Waals surface area contributed by atoms with Crippen molar-refractivity contribution in [2.24, 2.45) is 0 Å². The van der Waals surface area contributed by atoms with Crippen LogP contribution in [0.4, 0.5) is 5.69 Å². The number of pyridine rings is 1. The number of hydrogen-bond acceptors (Lipinski definition) is 3. The van der Waals surface area contributed by atoms with E-state index in [-0.39, 0.29) is 0 Å². The van der Waals surface area contributed by atoms with Crippen LogP contribution in [0, 0.1) is 4.78 Å². The van der Waals surface area contributed by atoms with Crippen molar-refractivity contribution < 1.29 is 4.21 Å². The van der Waals surface area contributed by atoms with Gasteiger partial charge in [-0.1, -0.05) is 13.8 Å². The van der Waals surface area contributed by atoms with E-state index in [9.17, 15) is 4.21 Å². The van der Waals surface area contributed by atoms with E-state index in [0.717, 1.165) is 0 Å². The molecule has 1 unspecified atom stereocenters. The van der Waals surface area contributed by atoms with Gasteiger partial charge >= 0.3 is 0 Å². The average molecular weight is 215 g/mol. The number of hydrogen-bond donors (Lipinski definition) is 1. The van der Waals surface area contributed by atoms with Gasteiger partial charge in [-0.15, -0.1) is 0 Å². The number of aromatic nitrogens is 1. The Bertz CT molecular complexity index is 348. The summed E-state index contributed by atoms with van der Waals surface area (Å²) in [5.74, 6) is 0. The largest absolute Gasteiger partial charge is 0.288 e. The van der Waals surface area contributed by atoms with Gasteiger partial charge in [-0.2, -0.15) is 0 Å². The second kappa shape index (κ2) is 5.59. The summed E-state index contributed by atoms with van der Waals surface area (Å²) in [5.41, 5.74) is 0.694. The van der Waals surface area contributed by atoms with Crippen LogP contribution in [0.3, 0.4) is 0 Å². The van der Waals surface area contributed by atoms with Crippen molar-refractivity contribution in [3.63, 3.8) is 0 Å². The highest BCUT2D eigenvalue weighted by Gasteiger charge is 2.06. The third-order valence-electron chi connectivity index (χ3n) is 1.53. The molecule has 0 saturated heterocycles. The van der Waals surface area contributed by atoms with Crippen LogP contribution in [0.2, 0.25) is 0 Å². The fourth-order valence-corrected chi connectivity index (χ4v) is 1.25. The molecule has 1 rings (SSSR count).